The third-order valence-electron chi connectivity index (χ3n) is 6.54. The normalized spacial score (nSPS) is 15.3. The minimum Gasteiger partial charge on any atom is -0.335 e. The van der Waals surface area contributed by atoms with Gasteiger partial charge in [0.1, 0.15) is 18.4 Å². The van der Waals surface area contributed by atoms with E-state index < -0.39 is 16.1 Å². The fourth-order valence-electron chi connectivity index (χ4n) is 4.69. The van der Waals surface area contributed by atoms with Gasteiger partial charge in [-0.3, -0.25) is 14.3 Å². The Hall–Kier alpha value is -3.77. The van der Waals surface area contributed by atoms with Crippen LogP contribution in [0.1, 0.15) is 19.9 Å². The van der Waals surface area contributed by atoms with Crippen molar-refractivity contribution in [1.29, 1.82) is 0 Å². The Labute approximate surface area is 223 Å². The van der Waals surface area contributed by atoms with Gasteiger partial charge in [0.15, 0.2) is 5.13 Å². The molecule has 2 amide bonds. The molecule has 4 aromatic rings. The summed E-state index contributed by atoms with van der Waals surface area (Å²) in [6, 6.07) is 11.9. The van der Waals surface area contributed by atoms with Gasteiger partial charge in [0.25, 0.3) is 10.0 Å². The molecule has 3 heterocycles. The van der Waals surface area contributed by atoms with Crippen molar-refractivity contribution in [2.45, 2.75) is 24.8 Å². The number of fused-ring (bicyclic) bond motifs is 1. The maximum Gasteiger partial charge on any atom is 0.263 e. The van der Waals surface area contributed by atoms with Crippen molar-refractivity contribution in [2.24, 2.45) is 5.92 Å². The van der Waals surface area contributed by atoms with Gasteiger partial charge in [0.05, 0.1) is 10.4 Å². The lowest BCUT2D eigenvalue weighted by Gasteiger charge is -2.37. The zero-order valence-electron chi connectivity index (χ0n) is 20.7. The molecule has 1 aliphatic heterocycles. The number of piperazine rings is 1. The van der Waals surface area contributed by atoms with Crippen LogP contribution in [-0.2, 0) is 19.6 Å². The lowest BCUT2D eigenvalue weighted by molar-refractivity contribution is -0.140. The standard InChI is InChI=1S/C26H26FN5O4S2/c1-17(2)24(32-12-10-20-21(27)4-3-5-22(20)32)25(34)30-13-14-31(23(33)16-30)18-6-8-19(9-7-18)38(35,36)29-26-28-11-15-37-26/h3-12,15,17,24H,13-14,16H2,1-2H3,(H,28,29)/t24-/m0/s1. The van der Waals surface area contributed by atoms with Gasteiger partial charge in [-0.25, -0.2) is 17.8 Å². The second-order valence-corrected chi connectivity index (χ2v) is 11.9. The van der Waals surface area contributed by atoms with Gasteiger partial charge in [-0.2, -0.15) is 0 Å². The highest BCUT2D eigenvalue weighted by Gasteiger charge is 2.34. The van der Waals surface area contributed by atoms with E-state index >= 15 is 0 Å². The average molecular weight is 556 g/mol. The SMILES string of the molecule is CC(C)[C@@H](C(=O)N1CCN(c2ccc(S(=O)(=O)Nc3nccs3)cc2)C(=O)C1)n1ccc2c(F)cccc21. The molecule has 1 saturated heterocycles. The van der Waals surface area contributed by atoms with Crippen LogP contribution in [0.5, 0.6) is 0 Å². The summed E-state index contributed by atoms with van der Waals surface area (Å²) in [5.41, 5.74) is 1.17. The topological polar surface area (TPSA) is 105 Å². The third kappa shape index (κ3) is 4.88. The molecule has 0 saturated carbocycles. The van der Waals surface area contributed by atoms with Crippen LogP contribution >= 0.6 is 11.3 Å². The lowest BCUT2D eigenvalue weighted by atomic mass is 10.0. The van der Waals surface area contributed by atoms with E-state index in [2.05, 4.69) is 9.71 Å². The number of nitrogens with one attached hydrogen (secondary N) is 1. The number of thiazole rings is 1. The molecule has 0 bridgehead atoms. The Morgan fingerprint density at radius 2 is 1.87 bits per heavy atom. The maximum atomic E-state index is 14.3. The second kappa shape index (κ2) is 10.2. The molecule has 2 aromatic carbocycles. The average Bonchev–Trinajstić information content (AvgIpc) is 3.55. The lowest BCUT2D eigenvalue weighted by Crippen LogP contribution is -2.54. The number of carbonyl (C=O) groups excluding carboxylic acids is 2. The molecule has 5 rings (SSSR count). The van der Waals surface area contributed by atoms with Crippen LogP contribution < -0.4 is 9.62 Å². The number of nitrogens with zero attached hydrogens (tertiary/aromatic N) is 4. The predicted octanol–water partition coefficient (Wildman–Crippen LogP) is 4.11. The van der Waals surface area contributed by atoms with E-state index in [4.69, 9.17) is 0 Å². The number of benzene rings is 2. The number of carbonyl (C=O) groups is 2. The van der Waals surface area contributed by atoms with Gasteiger partial charge in [-0.1, -0.05) is 19.9 Å². The van der Waals surface area contributed by atoms with Crippen LogP contribution in [0.25, 0.3) is 10.9 Å². The Morgan fingerprint density at radius 3 is 2.53 bits per heavy atom. The highest BCUT2D eigenvalue weighted by molar-refractivity contribution is 7.93. The Morgan fingerprint density at radius 1 is 1.11 bits per heavy atom. The first-order chi connectivity index (χ1) is 18.2. The van der Waals surface area contributed by atoms with E-state index in [1.54, 1.807) is 51.4 Å². The van der Waals surface area contributed by atoms with Crippen molar-refractivity contribution >= 4 is 54.9 Å². The van der Waals surface area contributed by atoms with E-state index in [-0.39, 0.29) is 46.7 Å². The molecule has 2 aromatic heterocycles. The predicted molar refractivity (Wildman–Crippen MR) is 144 cm³/mol. The van der Waals surface area contributed by atoms with Crippen LogP contribution in [0.15, 0.2) is 71.2 Å². The zero-order valence-corrected chi connectivity index (χ0v) is 22.4. The summed E-state index contributed by atoms with van der Waals surface area (Å²) in [7, 11) is -3.81. The summed E-state index contributed by atoms with van der Waals surface area (Å²) in [4.78, 5) is 33.7. The Balaban J connectivity index is 1.30. The smallest absolute Gasteiger partial charge is 0.263 e. The largest absolute Gasteiger partial charge is 0.335 e. The van der Waals surface area contributed by atoms with Gasteiger partial charge in [-0.05, 0) is 48.4 Å². The monoisotopic (exact) mass is 555 g/mol. The first kappa shape index (κ1) is 25.9. The Kier molecular flexibility index (Phi) is 6.93. The molecular formula is C26H26FN5O4S2. The highest BCUT2D eigenvalue weighted by atomic mass is 32.2. The van der Waals surface area contributed by atoms with E-state index in [0.29, 0.717) is 23.1 Å². The van der Waals surface area contributed by atoms with Crippen molar-refractivity contribution in [3.63, 3.8) is 0 Å². The maximum absolute atomic E-state index is 14.3. The molecule has 0 unspecified atom stereocenters. The molecule has 0 radical (unpaired) electrons. The molecule has 12 heteroatoms. The van der Waals surface area contributed by atoms with E-state index in [1.165, 1.54) is 40.6 Å². The van der Waals surface area contributed by atoms with Crippen molar-refractivity contribution in [1.82, 2.24) is 14.5 Å². The van der Waals surface area contributed by atoms with Gasteiger partial charge < -0.3 is 14.4 Å². The zero-order chi connectivity index (χ0) is 27.0. The van der Waals surface area contributed by atoms with Crippen molar-refractivity contribution in [3.8, 4) is 0 Å². The molecule has 198 valence electrons. The number of hydrogen-bond donors (Lipinski definition) is 1. The minimum atomic E-state index is -3.81. The quantitative estimate of drug-likeness (QED) is 0.370. The fourth-order valence-corrected chi connectivity index (χ4v) is 6.48. The number of sulfonamides is 1. The van der Waals surface area contributed by atoms with Crippen LogP contribution in [-0.4, -0.2) is 54.3 Å². The first-order valence-electron chi connectivity index (χ1n) is 12.0. The van der Waals surface area contributed by atoms with Crippen molar-refractivity contribution in [2.75, 3.05) is 29.3 Å². The third-order valence-corrected chi connectivity index (χ3v) is 8.71. The molecular weight excluding hydrogens is 529 g/mol. The van der Waals surface area contributed by atoms with E-state index in [1.807, 2.05) is 13.8 Å². The van der Waals surface area contributed by atoms with E-state index in [9.17, 15) is 22.4 Å². The molecule has 9 nitrogen and oxygen atoms in total. The molecule has 0 spiro atoms. The molecule has 1 aliphatic rings. The number of anilines is 2. The van der Waals surface area contributed by atoms with Gasteiger partial charge >= 0.3 is 0 Å². The van der Waals surface area contributed by atoms with Crippen LogP contribution in [0.3, 0.4) is 0 Å². The summed E-state index contributed by atoms with van der Waals surface area (Å²) in [6.07, 6.45) is 3.22. The first-order valence-corrected chi connectivity index (χ1v) is 14.4. The van der Waals surface area contributed by atoms with Gasteiger partial charge in [0.2, 0.25) is 11.8 Å². The number of amides is 2. The second-order valence-electron chi connectivity index (χ2n) is 9.33. The van der Waals surface area contributed by atoms with Crippen LogP contribution in [0.4, 0.5) is 15.2 Å². The molecule has 1 atom stereocenters. The van der Waals surface area contributed by atoms with Crippen LogP contribution in [0.2, 0.25) is 0 Å². The highest BCUT2D eigenvalue weighted by Crippen LogP contribution is 2.29. The number of halogens is 1. The van der Waals surface area contributed by atoms with E-state index in [0.717, 1.165) is 0 Å². The van der Waals surface area contributed by atoms with Crippen molar-refractivity contribution in [3.05, 3.63) is 72.1 Å². The number of hydrogen-bond acceptors (Lipinski definition) is 6. The summed E-state index contributed by atoms with van der Waals surface area (Å²) in [5.74, 6) is -0.920. The summed E-state index contributed by atoms with van der Waals surface area (Å²) >= 11 is 1.17. The van der Waals surface area contributed by atoms with Gasteiger partial charge in [0, 0.05) is 41.9 Å². The van der Waals surface area contributed by atoms with Gasteiger partial charge in [-0.15, -0.1) is 11.3 Å². The molecule has 1 fully saturated rings. The number of aromatic nitrogens is 2. The summed E-state index contributed by atoms with van der Waals surface area (Å²) in [6.45, 7) is 4.31. The molecule has 1 N–H and O–H groups in total. The van der Waals surface area contributed by atoms with Crippen molar-refractivity contribution < 1.29 is 22.4 Å². The number of rotatable bonds is 7. The molecule has 0 aliphatic carbocycles. The minimum absolute atomic E-state index is 0.0490. The fraction of sp³-hybridized carbons (Fsp3) is 0.269. The summed E-state index contributed by atoms with van der Waals surface area (Å²) < 4.78 is 43.6. The van der Waals surface area contributed by atoms with Crippen LogP contribution in [0, 0.1) is 11.7 Å². The Bertz CT molecular complexity index is 1580. The summed E-state index contributed by atoms with van der Waals surface area (Å²) in [5, 5.41) is 2.38. The molecule has 38 heavy (non-hydrogen) atoms.